The molecule has 0 aromatic carbocycles. The fourth-order valence-electron chi connectivity index (χ4n) is 2.90. The van der Waals surface area contributed by atoms with Gasteiger partial charge in [-0.3, -0.25) is 4.98 Å². The molecule has 1 N–H and O–H groups in total. The van der Waals surface area contributed by atoms with E-state index in [2.05, 4.69) is 56.0 Å². The van der Waals surface area contributed by atoms with E-state index in [1.54, 1.807) is 11.3 Å². The summed E-state index contributed by atoms with van der Waals surface area (Å²) in [6.45, 7) is 12.9. The van der Waals surface area contributed by atoms with Crippen LogP contribution < -0.4 is 5.32 Å². The summed E-state index contributed by atoms with van der Waals surface area (Å²) in [5.74, 6) is 0. The third-order valence-electron chi connectivity index (χ3n) is 3.81. The van der Waals surface area contributed by atoms with Crippen LogP contribution in [0.2, 0.25) is 0 Å². The molecule has 0 amide bonds. The van der Waals surface area contributed by atoms with Crippen molar-refractivity contribution in [1.82, 2.24) is 15.3 Å². The van der Waals surface area contributed by atoms with Crippen LogP contribution in [0.3, 0.4) is 0 Å². The van der Waals surface area contributed by atoms with E-state index in [0.717, 1.165) is 22.8 Å². The molecule has 0 aliphatic rings. The normalized spacial score (nSPS) is 14.2. The lowest BCUT2D eigenvalue weighted by atomic mass is 10.00. The van der Waals surface area contributed by atoms with Crippen LogP contribution in [0.1, 0.15) is 65.3 Å². The summed E-state index contributed by atoms with van der Waals surface area (Å²) >= 11 is 1.80. The fourth-order valence-corrected chi connectivity index (χ4v) is 3.77. The Morgan fingerprint density at radius 2 is 1.90 bits per heavy atom. The van der Waals surface area contributed by atoms with Gasteiger partial charge in [-0.15, -0.1) is 11.3 Å². The smallest absolute Gasteiger partial charge is 0.109 e. The molecular formula is C17H25N3S. The predicted octanol–water partition coefficient (Wildman–Crippen LogP) is 4.44. The van der Waals surface area contributed by atoms with Gasteiger partial charge in [0.2, 0.25) is 0 Å². The van der Waals surface area contributed by atoms with Crippen LogP contribution in [0, 0.1) is 20.8 Å². The Labute approximate surface area is 131 Å². The Morgan fingerprint density at radius 1 is 1.19 bits per heavy atom. The monoisotopic (exact) mass is 303 g/mol. The Morgan fingerprint density at radius 3 is 2.48 bits per heavy atom. The maximum Gasteiger partial charge on any atom is 0.109 e. The number of thiazole rings is 1. The van der Waals surface area contributed by atoms with Crippen molar-refractivity contribution in [3.63, 3.8) is 0 Å². The largest absolute Gasteiger partial charge is 0.301 e. The lowest BCUT2D eigenvalue weighted by molar-refractivity contribution is 0.488. The lowest BCUT2D eigenvalue weighted by Gasteiger charge is -2.22. The highest BCUT2D eigenvalue weighted by Crippen LogP contribution is 2.26. The molecular weight excluding hydrogens is 278 g/mol. The predicted molar refractivity (Wildman–Crippen MR) is 89.9 cm³/mol. The minimum atomic E-state index is 0.255. The van der Waals surface area contributed by atoms with Gasteiger partial charge in [0.25, 0.3) is 0 Å². The second kappa shape index (κ2) is 6.67. The summed E-state index contributed by atoms with van der Waals surface area (Å²) < 4.78 is 0. The van der Waals surface area contributed by atoms with Crippen molar-refractivity contribution >= 4 is 11.3 Å². The maximum atomic E-state index is 4.60. The molecule has 0 bridgehead atoms. The second-order valence-electron chi connectivity index (χ2n) is 5.71. The number of rotatable bonds is 5. The second-order valence-corrected chi connectivity index (χ2v) is 6.85. The van der Waals surface area contributed by atoms with E-state index in [4.69, 9.17) is 0 Å². The minimum Gasteiger partial charge on any atom is -0.301 e. The van der Waals surface area contributed by atoms with Gasteiger partial charge < -0.3 is 5.32 Å². The number of nitrogens with zero attached hydrogens (tertiary/aromatic N) is 2. The number of nitrogens with one attached hydrogen (secondary N) is 1. The third kappa shape index (κ3) is 3.69. The highest BCUT2D eigenvalue weighted by atomic mass is 32.1. The molecule has 3 nitrogen and oxygen atoms in total. The standard InChI is InChI=1S/C17H25N3S/c1-7-15-9-18-17(21-15)14(6)20-13(5)16-10(2)8-11(3)19-12(16)4/h8-9,13-14,20H,7H2,1-6H3. The first kappa shape index (κ1) is 16.1. The summed E-state index contributed by atoms with van der Waals surface area (Å²) in [7, 11) is 0. The van der Waals surface area contributed by atoms with Gasteiger partial charge in [-0.05, 0) is 58.2 Å². The average molecular weight is 303 g/mol. The molecule has 2 aromatic heterocycles. The van der Waals surface area contributed by atoms with Crippen LogP contribution in [-0.2, 0) is 6.42 Å². The van der Waals surface area contributed by atoms with Crippen molar-refractivity contribution in [3.05, 3.63) is 44.7 Å². The van der Waals surface area contributed by atoms with Crippen LogP contribution in [0.4, 0.5) is 0 Å². The highest BCUT2D eigenvalue weighted by Gasteiger charge is 2.17. The molecule has 0 aliphatic heterocycles. The van der Waals surface area contributed by atoms with Gasteiger partial charge in [-0.25, -0.2) is 4.98 Å². The molecule has 0 radical (unpaired) electrons. The molecule has 0 saturated carbocycles. The molecule has 2 unspecified atom stereocenters. The SMILES string of the molecule is CCc1cnc(C(C)NC(C)c2c(C)cc(C)nc2C)s1. The molecule has 0 fully saturated rings. The summed E-state index contributed by atoms with van der Waals surface area (Å²) in [5.41, 5.74) is 4.81. The fraction of sp³-hybridized carbons (Fsp3) is 0.529. The molecule has 2 aromatic rings. The lowest BCUT2D eigenvalue weighted by Crippen LogP contribution is -2.24. The van der Waals surface area contributed by atoms with Crippen LogP contribution in [0.15, 0.2) is 12.3 Å². The van der Waals surface area contributed by atoms with E-state index in [1.165, 1.54) is 16.0 Å². The summed E-state index contributed by atoms with van der Waals surface area (Å²) in [6, 6.07) is 2.68. The van der Waals surface area contributed by atoms with Gasteiger partial charge in [0.15, 0.2) is 0 Å². The minimum absolute atomic E-state index is 0.255. The van der Waals surface area contributed by atoms with Crippen molar-refractivity contribution in [2.45, 2.75) is 60.0 Å². The number of aromatic nitrogens is 2. The zero-order valence-electron chi connectivity index (χ0n) is 13.8. The molecule has 2 heterocycles. The van der Waals surface area contributed by atoms with E-state index in [1.807, 2.05) is 13.1 Å². The Kier molecular flexibility index (Phi) is 5.12. The molecule has 4 heteroatoms. The number of hydrogen-bond acceptors (Lipinski definition) is 4. The van der Waals surface area contributed by atoms with Gasteiger partial charge >= 0.3 is 0 Å². The van der Waals surface area contributed by atoms with E-state index in [0.29, 0.717) is 0 Å². The number of aryl methyl sites for hydroxylation is 4. The van der Waals surface area contributed by atoms with Crippen molar-refractivity contribution in [2.75, 3.05) is 0 Å². The van der Waals surface area contributed by atoms with Gasteiger partial charge in [0, 0.05) is 28.5 Å². The Bertz CT molecular complexity index is 595. The molecule has 0 aliphatic carbocycles. The van der Waals surface area contributed by atoms with Gasteiger partial charge in [-0.2, -0.15) is 0 Å². The quantitative estimate of drug-likeness (QED) is 0.887. The zero-order chi connectivity index (χ0) is 15.6. The third-order valence-corrected chi connectivity index (χ3v) is 5.13. The zero-order valence-corrected chi connectivity index (χ0v) is 14.6. The van der Waals surface area contributed by atoms with Gasteiger partial charge in [0.1, 0.15) is 5.01 Å². The van der Waals surface area contributed by atoms with E-state index in [-0.39, 0.29) is 12.1 Å². The highest BCUT2D eigenvalue weighted by molar-refractivity contribution is 7.11. The summed E-state index contributed by atoms with van der Waals surface area (Å²) in [5, 5.41) is 4.82. The number of pyridine rings is 1. The topological polar surface area (TPSA) is 37.8 Å². The maximum absolute atomic E-state index is 4.60. The first-order valence-electron chi connectivity index (χ1n) is 7.57. The van der Waals surface area contributed by atoms with E-state index in [9.17, 15) is 0 Å². The molecule has 2 rings (SSSR count). The first-order valence-corrected chi connectivity index (χ1v) is 8.39. The molecule has 21 heavy (non-hydrogen) atoms. The Balaban J connectivity index is 2.16. The van der Waals surface area contributed by atoms with Crippen molar-refractivity contribution < 1.29 is 0 Å². The molecule has 114 valence electrons. The Hall–Kier alpha value is -1.26. The first-order chi connectivity index (χ1) is 9.92. The molecule has 0 saturated heterocycles. The summed E-state index contributed by atoms with van der Waals surface area (Å²) in [4.78, 5) is 10.5. The van der Waals surface area contributed by atoms with Crippen LogP contribution in [-0.4, -0.2) is 9.97 Å². The van der Waals surface area contributed by atoms with Crippen molar-refractivity contribution in [2.24, 2.45) is 0 Å². The van der Waals surface area contributed by atoms with Crippen LogP contribution >= 0.6 is 11.3 Å². The van der Waals surface area contributed by atoms with Crippen LogP contribution in [0.25, 0.3) is 0 Å². The van der Waals surface area contributed by atoms with Crippen LogP contribution in [0.5, 0.6) is 0 Å². The number of hydrogen-bond donors (Lipinski definition) is 1. The molecule has 2 atom stereocenters. The summed E-state index contributed by atoms with van der Waals surface area (Å²) in [6.07, 6.45) is 3.05. The van der Waals surface area contributed by atoms with E-state index >= 15 is 0 Å². The van der Waals surface area contributed by atoms with Crippen molar-refractivity contribution in [3.8, 4) is 0 Å². The van der Waals surface area contributed by atoms with E-state index < -0.39 is 0 Å². The average Bonchev–Trinajstić information content (AvgIpc) is 2.86. The van der Waals surface area contributed by atoms with Gasteiger partial charge in [-0.1, -0.05) is 6.92 Å². The molecule has 0 spiro atoms. The van der Waals surface area contributed by atoms with Crippen molar-refractivity contribution in [1.29, 1.82) is 0 Å². The van der Waals surface area contributed by atoms with Gasteiger partial charge in [0.05, 0.1) is 6.04 Å².